The molecule has 24 heavy (non-hydrogen) atoms. The zero-order chi connectivity index (χ0) is 18.5. The Morgan fingerprint density at radius 2 is 1.92 bits per heavy atom. The minimum atomic E-state index is -0.669. The molecule has 0 aromatic carbocycles. The minimum absolute atomic E-state index is 0.254. The van der Waals surface area contributed by atoms with Gasteiger partial charge in [0, 0.05) is 11.1 Å². The summed E-state index contributed by atoms with van der Waals surface area (Å²) in [5.74, 6) is -0.196. The zero-order valence-electron chi connectivity index (χ0n) is 15.5. The molecule has 2 amide bonds. The highest BCUT2D eigenvalue weighted by atomic mass is 32.1. The van der Waals surface area contributed by atoms with Crippen LogP contribution in [0.25, 0.3) is 0 Å². The minimum Gasteiger partial charge on any atom is -0.343 e. The van der Waals surface area contributed by atoms with E-state index in [0.29, 0.717) is 17.5 Å². The maximum atomic E-state index is 12.5. The molecule has 2 atom stereocenters. The second-order valence-electron chi connectivity index (χ2n) is 7.41. The predicted molar refractivity (Wildman–Crippen MR) is 99.1 cm³/mol. The lowest BCUT2D eigenvalue weighted by molar-refractivity contribution is -0.129. The smallest absolute Gasteiger partial charge is 0.248 e. The molecule has 1 aromatic rings. The number of nitrogens with two attached hydrogens (primary N) is 1. The summed E-state index contributed by atoms with van der Waals surface area (Å²) in [6, 6.07) is -1.28. The van der Waals surface area contributed by atoms with Crippen molar-refractivity contribution in [1.82, 2.24) is 10.3 Å². The van der Waals surface area contributed by atoms with Crippen molar-refractivity contribution in [3.05, 3.63) is 11.1 Å². The lowest BCUT2D eigenvalue weighted by Crippen LogP contribution is -2.54. The summed E-state index contributed by atoms with van der Waals surface area (Å²) in [5.41, 5.74) is 5.61. The fraction of sp³-hybridized carbons (Fsp3) is 0.706. The normalized spacial score (nSPS) is 14.3. The third-order valence-corrected chi connectivity index (χ3v) is 4.96. The molecular weight excluding hydrogens is 324 g/mol. The van der Waals surface area contributed by atoms with Crippen molar-refractivity contribution in [3.63, 3.8) is 0 Å². The van der Waals surface area contributed by atoms with Crippen molar-refractivity contribution in [2.24, 2.45) is 11.1 Å². The van der Waals surface area contributed by atoms with Crippen molar-refractivity contribution in [2.75, 3.05) is 5.32 Å². The van der Waals surface area contributed by atoms with Crippen LogP contribution in [0, 0.1) is 5.41 Å². The van der Waals surface area contributed by atoms with Crippen molar-refractivity contribution < 1.29 is 9.59 Å². The molecule has 0 spiro atoms. The fourth-order valence-corrected chi connectivity index (χ4v) is 2.84. The van der Waals surface area contributed by atoms with Crippen LogP contribution in [0.2, 0.25) is 0 Å². The molecule has 0 fully saturated rings. The van der Waals surface area contributed by atoms with Gasteiger partial charge in [0.25, 0.3) is 0 Å². The molecule has 1 heterocycles. The molecule has 0 radical (unpaired) electrons. The van der Waals surface area contributed by atoms with Gasteiger partial charge in [0.05, 0.1) is 6.04 Å². The van der Waals surface area contributed by atoms with Crippen LogP contribution >= 0.6 is 11.3 Å². The Bertz CT molecular complexity index is 563. The first-order valence-corrected chi connectivity index (χ1v) is 9.20. The molecule has 1 aromatic heterocycles. The van der Waals surface area contributed by atoms with E-state index in [-0.39, 0.29) is 17.2 Å². The molecule has 0 aliphatic heterocycles. The molecule has 0 aliphatic carbocycles. The Balaban J connectivity index is 2.75. The van der Waals surface area contributed by atoms with E-state index < -0.39 is 12.1 Å². The van der Waals surface area contributed by atoms with Crippen LogP contribution in [0.4, 0.5) is 5.13 Å². The highest BCUT2D eigenvalue weighted by Crippen LogP contribution is 2.25. The predicted octanol–water partition coefficient (Wildman–Crippen LogP) is 2.86. The topological polar surface area (TPSA) is 97.1 Å². The second-order valence-corrected chi connectivity index (χ2v) is 8.47. The first kappa shape index (κ1) is 20.6. The fourth-order valence-electron chi connectivity index (χ4n) is 2.02. The Hall–Kier alpha value is -1.47. The van der Waals surface area contributed by atoms with Crippen LogP contribution in [0.15, 0.2) is 6.20 Å². The van der Waals surface area contributed by atoms with Crippen molar-refractivity contribution in [1.29, 1.82) is 0 Å². The van der Waals surface area contributed by atoms with E-state index in [1.165, 1.54) is 11.3 Å². The van der Waals surface area contributed by atoms with Gasteiger partial charge < -0.3 is 16.4 Å². The molecule has 0 bridgehead atoms. The van der Waals surface area contributed by atoms with E-state index in [1.807, 2.05) is 27.7 Å². The average Bonchev–Trinajstić information content (AvgIpc) is 2.93. The number of carbonyl (C=O) groups excluding carboxylic acids is 2. The Morgan fingerprint density at radius 1 is 1.29 bits per heavy atom. The molecular formula is C17H30N4O2S. The number of carbonyl (C=O) groups is 2. The standard InChI is InChI=1S/C17H30N4O2S/c1-7-8-11(20-15(23)13(18)17(4,5)6)14(22)21-16-19-9-12(24-16)10(2)3/h9-11,13H,7-8,18H2,1-6H3,(H,20,23)(H,19,21,22)/t11-,13+/m0/s1. The van der Waals surface area contributed by atoms with Gasteiger partial charge in [0.1, 0.15) is 6.04 Å². The van der Waals surface area contributed by atoms with Gasteiger partial charge in [0.15, 0.2) is 5.13 Å². The molecule has 0 saturated heterocycles. The number of thiazole rings is 1. The van der Waals surface area contributed by atoms with E-state index in [9.17, 15) is 9.59 Å². The van der Waals surface area contributed by atoms with Gasteiger partial charge in [-0.05, 0) is 17.8 Å². The first-order chi connectivity index (χ1) is 11.1. The summed E-state index contributed by atoms with van der Waals surface area (Å²) < 4.78 is 0. The van der Waals surface area contributed by atoms with Crippen LogP contribution < -0.4 is 16.4 Å². The number of nitrogens with zero attached hydrogens (tertiary/aromatic N) is 1. The summed E-state index contributed by atoms with van der Waals surface area (Å²) >= 11 is 1.45. The molecule has 0 unspecified atom stereocenters. The largest absolute Gasteiger partial charge is 0.343 e. The van der Waals surface area contributed by atoms with Crippen molar-refractivity contribution in [2.45, 2.75) is 72.4 Å². The Morgan fingerprint density at radius 3 is 2.38 bits per heavy atom. The van der Waals surface area contributed by atoms with Crippen LogP contribution in [0.3, 0.4) is 0 Å². The van der Waals surface area contributed by atoms with E-state index in [2.05, 4.69) is 29.5 Å². The van der Waals surface area contributed by atoms with Crippen molar-refractivity contribution in [3.8, 4) is 0 Å². The summed E-state index contributed by atoms with van der Waals surface area (Å²) in [6.45, 7) is 11.8. The zero-order valence-corrected chi connectivity index (χ0v) is 16.3. The first-order valence-electron chi connectivity index (χ1n) is 8.38. The van der Waals surface area contributed by atoms with Crippen LogP contribution in [-0.4, -0.2) is 28.9 Å². The van der Waals surface area contributed by atoms with Gasteiger partial charge >= 0.3 is 0 Å². The number of hydrogen-bond donors (Lipinski definition) is 3. The third-order valence-electron chi connectivity index (χ3n) is 3.75. The molecule has 6 nitrogen and oxygen atoms in total. The Kier molecular flexibility index (Phi) is 7.35. The van der Waals surface area contributed by atoms with Crippen LogP contribution in [0.5, 0.6) is 0 Å². The van der Waals surface area contributed by atoms with Gasteiger partial charge in [-0.3, -0.25) is 9.59 Å². The Labute approximate surface area is 148 Å². The molecule has 0 aliphatic rings. The van der Waals surface area contributed by atoms with Gasteiger partial charge in [-0.25, -0.2) is 4.98 Å². The SMILES string of the molecule is CCC[C@H](NC(=O)[C@@H](N)C(C)(C)C)C(=O)Nc1ncc(C(C)C)s1. The lowest BCUT2D eigenvalue weighted by atomic mass is 9.86. The summed E-state index contributed by atoms with van der Waals surface area (Å²) in [6.07, 6.45) is 3.10. The molecule has 0 saturated carbocycles. The van der Waals surface area contributed by atoms with E-state index in [4.69, 9.17) is 5.73 Å². The van der Waals surface area contributed by atoms with Gasteiger partial charge in [-0.1, -0.05) is 48.0 Å². The second kappa shape index (κ2) is 8.58. The molecule has 4 N–H and O–H groups in total. The molecule has 7 heteroatoms. The van der Waals surface area contributed by atoms with Crippen LogP contribution in [-0.2, 0) is 9.59 Å². The van der Waals surface area contributed by atoms with E-state index in [1.54, 1.807) is 6.20 Å². The van der Waals surface area contributed by atoms with E-state index in [0.717, 1.165) is 11.3 Å². The van der Waals surface area contributed by atoms with E-state index >= 15 is 0 Å². The monoisotopic (exact) mass is 354 g/mol. The highest BCUT2D eigenvalue weighted by Gasteiger charge is 2.30. The number of rotatable bonds is 7. The van der Waals surface area contributed by atoms with Gasteiger partial charge in [-0.2, -0.15) is 0 Å². The maximum absolute atomic E-state index is 12.5. The quantitative estimate of drug-likeness (QED) is 0.701. The van der Waals surface area contributed by atoms with Gasteiger partial charge in [0.2, 0.25) is 11.8 Å². The highest BCUT2D eigenvalue weighted by molar-refractivity contribution is 7.15. The third kappa shape index (κ3) is 5.87. The number of hydrogen-bond acceptors (Lipinski definition) is 5. The molecule has 136 valence electrons. The summed E-state index contributed by atoms with van der Waals surface area (Å²) in [7, 11) is 0. The molecule has 1 rings (SSSR count). The number of nitrogens with one attached hydrogen (secondary N) is 2. The maximum Gasteiger partial charge on any atom is 0.248 e. The summed E-state index contributed by atoms with van der Waals surface area (Å²) in [5, 5.41) is 6.13. The van der Waals surface area contributed by atoms with Gasteiger partial charge in [-0.15, -0.1) is 11.3 Å². The lowest BCUT2D eigenvalue weighted by Gasteiger charge is -2.27. The average molecular weight is 355 g/mol. The van der Waals surface area contributed by atoms with Crippen molar-refractivity contribution >= 4 is 28.3 Å². The number of aromatic nitrogens is 1. The van der Waals surface area contributed by atoms with Crippen LogP contribution in [0.1, 0.15) is 65.2 Å². The summed E-state index contributed by atoms with van der Waals surface area (Å²) in [4.78, 5) is 30.1. The number of anilines is 1. The number of amides is 2.